The van der Waals surface area contributed by atoms with Crippen molar-refractivity contribution in [3.63, 3.8) is 0 Å². The number of rotatable bonds is 4. The van der Waals surface area contributed by atoms with Crippen molar-refractivity contribution < 1.29 is 12.8 Å². The Balaban J connectivity index is 1.80. The zero-order chi connectivity index (χ0) is 20.6. The molecule has 148 valence electrons. The van der Waals surface area contributed by atoms with Gasteiger partial charge in [0.1, 0.15) is 5.82 Å². The molecule has 0 fully saturated rings. The first-order valence-electron chi connectivity index (χ1n) is 9.04. The predicted octanol–water partition coefficient (Wildman–Crippen LogP) is 5.33. The van der Waals surface area contributed by atoms with E-state index < -0.39 is 16.1 Å². The Morgan fingerprint density at radius 3 is 2.38 bits per heavy atom. The molecule has 0 saturated heterocycles. The molecule has 1 unspecified atom stereocenters. The molecule has 1 atom stereocenters. The molecule has 1 aliphatic heterocycles. The Labute approximate surface area is 174 Å². The topological polar surface area (TPSA) is 49.7 Å². The maximum atomic E-state index is 13.4. The number of nitrogens with zero attached hydrogens (tertiary/aromatic N) is 2. The van der Waals surface area contributed by atoms with Crippen LogP contribution in [0.15, 0.2) is 82.8 Å². The summed E-state index contributed by atoms with van der Waals surface area (Å²) in [5.74, 6) is -0.356. The first kappa shape index (κ1) is 19.6. The first-order chi connectivity index (χ1) is 13.8. The molecule has 0 saturated carbocycles. The van der Waals surface area contributed by atoms with Gasteiger partial charge in [-0.3, -0.25) is 0 Å². The Morgan fingerprint density at radius 2 is 1.72 bits per heavy atom. The minimum atomic E-state index is -3.93. The summed E-state index contributed by atoms with van der Waals surface area (Å²) in [6.45, 7) is 1.97. The monoisotopic (exact) mass is 428 g/mol. The molecular formula is C22H18ClFN2O2S. The molecule has 3 aromatic rings. The van der Waals surface area contributed by atoms with Crippen molar-refractivity contribution in [2.75, 3.05) is 0 Å². The number of halogens is 2. The van der Waals surface area contributed by atoms with Crippen molar-refractivity contribution in [3.05, 3.63) is 100 Å². The third kappa shape index (κ3) is 3.91. The fraction of sp³-hybridized carbons (Fsp3) is 0.136. The lowest BCUT2D eigenvalue weighted by Gasteiger charge is -2.23. The van der Waals surface area contributed by atoms with Crippen molar-refractivity contribution >= 4 is 27.3 Å². The van der Waals surface area contributed by atoms with E-state index in [0.29, 0.717) is 22.7 Å². The highest BCUT2D eigenvalue weighted by atomic mass is 35.5. The van der Waals surface area contributed by atoms with Gasteiger partial charge in [0.15, 0.2) is 0 Å². The van der Waals surface area contributed by atoms with Crippen molar-refractivity contribution in [1.82, 2.24) is 4.41 Å². The van der Waals surface area contributed by atoms with Crippen LogP contribution < -0.4 is 0 Å². The van der Waals surface area contributed by atoms with E-state index in [1.165, 1.54) is 24.3 Å². The summed E-state index contributed by atoms with van der Waals surface area (Å²) in [5.41, 5.74) is 3.19. The second-order valence-corrected chi connectivity index (χ2v) is 9.15. The highest BCUT2D eigenvalue weighted by Gasteiger charge is 2.37. The van der Waals surface area contributed by atoms with Gasteiger partial charge in [0.05, 0.1) is 16.6 Å². The molecule has 0 amide bonds. The highest BCUT2D eigenvalue weighted by Crippen LogP contribution is 2.37. The van der Waals surface area contributed by atoms with Crippen LogP contribution in [0.4, 0.5) is 4.39 Å². The molecule has 0 N–H and O–H groups in total. The minimum Gasteiger partial charge on any atom is -0.207 e. The zero-order valence-electron chi connectivity index (χ0n) is 15.6. The number of hydrogen-bond acceptors (Lipinski definition) is 3. The average Bonchev–Trinajstić information content (AvgIpc) is 3.15. The second kappa shape index (κ2) is 7.61. The van der Waals surface area contributed by atoms with Gasteiger partial charge in [-0.1, -0.05) is 59.6 Å². The molecule has 1 aliphatic rings. The van der Waals surface area contributed by atoms with Gasteiger partial charge in [0.25, 0.3) is 10.0 Å². The van der Waals surface area contributed by atoms with E-state index in [-0.39, 0.29) is 10.7 Å². The fourth-order valence-corrected chi connectivity index (χ4v) is 5.03. The predicted molar refractivity (Wildman–Crippen MR) is 112 cm³/mol. The van der Waals surface area contributed by atoms with Crippen LogP contribution in [0.3, 0.4) is 0 Å². The molecule has 1 heterocycles. The first-order valence-corrected chi connectivity index (χ1v) is 10.9. The molecule has 7 heteroatoms. The van der Waals surface area contributed by atoms with Crippen LogP contribution in [0.2, 0.25) is 5.02 Å². The highest BCUT2D eigenvalue weighted by molar-refractivity contribution is 7.89. The van der Waals surface area contributed by atoms with Gasteiger partial charge in [0, 0.05) is 11.4 Å². The molecule has 0 spiro atoms. The molecule has 4 rings (SSSR count). The van der Waals surface area contributed by atoms with Crippen LogP contribution in [0, 0.1) is 12.7 Å². The van der Waals surface area contributed by atoms with Gasteiger partial charge >= 0.3 is 0 Å². The normalized spacial score (nSPS) is 16.7. The maximum Gasteiger partial charge on any atom is 0.279 e. The van der Waals surface area contributed by atoms with E-state index in [2.05, 4.69) is 5.10 Å². The zero-order valence-corrected chi connectivity index (χ0v) is 17.2. The Bertz CT molecular complexity index is 1180. The van der Waals surface area contributed by atoms with E-state index in [1.807, 2.05) is 31.2 Å². The van der Waals surface area contributed by atoms with Gasteiger partial charge in [-0.2, -0.15) is 17.9 Å². The van der Waals surface area contributed by atoms with Crippen LogP contribution in [-0.4, -0.2) is 18.5 Å². The number of aryl methyl sites for hydroxylation is 1. The van der Waals surface area contributed by atoms with Gasteiger partial charge in [-0.05, 0) is 48.4 Å². The Morgan fingerprint density at radius 1 is 1.03 bits per heavy atom. The molecular weight excluding hydrogens is 411 g/mol. The van der Waals surface area contributed by atoms with Gasteiger partial charge in [0.2, 0.25) is 0 Å². The number of hydrazone groups is 1. The lowest BCUT2D eigenvalue weighted by Crippen LogP contribution is -2.27. The molecule has 4 nitrogen and oxygen atoms in total. The maximum absolute atomic E-state index is 13.4. The van der Waals surface area contributed by atoms with Gasteiger partial charge in [-0.15, -0.1) is 0 Å². The van der Waals surface area contributed by atoms with E-state index in [9.17, 15) is 12.8 Å². The van der Waals surface area contributed by atoms with Crippen LogP contribution in [-0.2, 0) is 10.0 Å². The summed E-state index contributed by atoms with van der Waals surface area (Å²) in [7, 11) is -3.93. The summed E-state index contributed by atoms with van der Waals surface area (Å²) < 4.78 is 41.2. The lowest BCUT2D eigenvalue weighted by atomic mass is 9.98. The van der Waals surface area contributed by atoms with Gasteiger partial charge in [-0.25, -0.2) is 4.39 Å². The SMILES string of the molecule is Cc1ccc(C2CC(c3ccc(F)cc3)=NN2S(=O)(=O)c2cccc(Cl)c2)cc1. The van der Waals surface area contributed by atoms with Crippen molar-refractivity contribution in [1.29, 1.82) is 0 Å². The Hall–Kier alpha value is -2.70. The molecule has 0 bridgehead atoms. The lowest BCUT2D eigenvalue weighted by molar-refractivity contribution is 0.371. The van der Waals surface area contributed by atoms with E-state index in [1.54, 1.807) is 24.3 Å². The van der Waals surface area contributed by atoms with Crippen molar-refractivity contribution in [3.8, 4) is 0 Å². The smallest absolute Gasteiger partial charge is 0.207 e. The van der Waals surface area contributed by atoms with Crippen molar-refractivity contribution in [2.24, 2.45) is 5.10 Å². The summed E-state index contributed by atoms with van der Waals surface area (Å²) in [6.07, 6.45) is 0.383. The third-order valence-corrected chi connectivity index (χ3v) is 6.77. The van der Waals surface area contributed by atoms with Crippen molar-refractivity contribution in [2.45, 2.75) is 24.3 Å². The van der Waals surface area contributed by atoms with E-state index >= 15 is 0 Å². The van der Waals surface area contributed by atoms with Crippen LogP contribution in [0.5, 0.6) is 0 Å². The van der Waals surface area contributed by atoms with Crippen LogP contribution >= 0.6 is 11.6 Å². The van der Waals surface area contributed by atoms with Gasteiger partial charge < -0.3 is 0 Å². The summed E-state index contributed by atoms with van der Waals surface area (Å²) in [6, 6.07) is 19.2. The minimum absolute atomic E-state index is 0.0752. The van der Waals surface area contributed by atoms with E-state index in [4.69, 9.17) is 11.6 Å². The molecule has 0 aliphatic carbocycles. The largest absolute Gasteiger partial charge is 0.279 e. The van der Waals surface area contributed by atoms with Crippen LogP contribution in [0.1, 0.15) is 29.2 Å². The molecule has 0 aromatic heterocycles. The summed E-state index contributed by atoms with van der Waals surface area (Å²) in [4.78, 5) is 0.0752. The third-order valence-electron chi connectivity index (χ3n) is 4.85. The average molecular weight is 429 g/mol. The molecule has 0 radical (unpaired) electrons. The standard InChI is InChI=1S/C22H18ClFN2O2S/c1-15-5-7-17(8-6-15)22-14-21(16-9-11-19(24)12-10-16)25-26(22)29(27,28)20-4-2-3-18(23)13-20/h2-13,22H,14H2,1H3. The Kier molecular flexibility index (Phi) is 5.15. The fourth-order valence-electron chi connectivity index (χ4n) is 3.30. The number of benzene rings is 3. The summed E-state index contributed by atoms with van der Waals surface area (Å²) >= 11 is 6.01. The molecule has 3 aromatic carbocycles. The van der Waals surface area contributed by atoms with Crippen LogP contribution in [0.25, 0.3) is 0 Å². The number of hydrogen-bond donors (Lipinski definition) is 0. The summed E-state index contributed by atoms with van der Waals surface area (Å²) in [5, 5.41) is 4.78. The number of sulfonamides is 1. The quantitative estimate of drug-likeness (QED) is 0.564. The molecule has 29 heavy (non-hydrogen) atoms. The van der Waals surface area contributed by atoms with E-state index in [0.717, 1.165) is 15.5 Å². The second-order valence-electron chi connectivity index (χ2n) is 6.92.